The van der Waals surface area contributed by atoms with Crippen LogP contribution in [0.3, 0.4) is 0 Å². The standard InChI is InChI=1S/C18H18BrNSi/c1-21(2,3)17-8-7-13-11-18(20-12-15(13)10-17)14-5-4-6-16(19)9-14/h4-12H,1-3H3. The zero-order valence-electron chi connectivity index (χ0n) is 12.5. The maximum absolute atomic E-state index is 4.64. The first kappa shape index (κ1) is 14.5. The van der Waals surface area contributed by atoms with Crippen LogP contribution in [0.1, 0.15) is 0 Å². The summed E-state index contributed by atoms with van der Waals surface area (Å²) in [5.41, 5.74) is 2.16. The number of pyridine rings is 1. The largest absolute Gasteiger partial charge is 0.256 e. The van der Waals surface area contributed by atoms with E-state index in [1.54, 1.807) is 0 Å². The fraction of sp³-hybridized carbons (Fsp3) is 0.167. The van der Waals surface area contributed by atoms with Crippen molar-refractivity contribution < 1.29 is 0 Å². The van der Waals surface area contributed by atoms with Crippen molar-refractivity contribution in [3.05, 3.63) is 59.2 Å². The third-order valence-electron chi connectivity index (χ3n) is 3.71. The summed E-state index contributed by atoms with van der Waals surface area (Å²) in [4.78, 5) is 4.64. The molecule has 0 spiro atoms. The molecule has 0 aliphatic heterocycles. The summed E-state index contributed by atoms with van der Waals surface area (Å²) in [6, 6.07) is 17.3. The highest BCUT2D eigenvalue weighted by atomic mass is 79.9. The molecule has 0 aliphatic rings. The second-order valence-corrected chi connectivity index (χ2v) is 12.4. The molecule has 1 nitrogen and oxygen atoms in total. The molecule has 21 heavy (non-hydrogen) atoms. The lowest BCUT2D eigenvalue weighted by Gasteiger charge is -2.17. The van der Waals surface area contributed by atoms with Crippen LogP contribution in [0.25, 0.3) is 22.0 Å². The Morgan fingerprint density at radius 2 is 1.71 bits per heavy atom. The van der Waals surface area contributed by atoms with Crippen molar-refractivity contribution in [1.82, 2.24) is 4.98 Å². The molecule has 0 N–H and O–H groups in total. The van der Waals surface area contributed by atoms with Gasteiger partial charge in [0.15, 0.2) is 0 Å². The summed E-state index contributed by atoms with van der Waals surface area (Å²) in [6.45, 7) is 7.12. The SMILES string of the molecule is C[Si](C)(C)c1ccc2cc(-c3cccc(Br)c3)ncc2c1. The van der Waals surface area contributed by atoms with Gasteiger partial charge in [-0.05, 0) is 29.0 Å². The van der Waals surface area contributed by atoms with Crippen LogP contribution in [-0.4, -0.2) is 13.1 Å². The summed E-state index contributed by atoms with van der Waals surface area (Å²) in [5, 5.41) is 3.96. The van der Waals surface area contributed by atoms with Gasteiger partial charge in [0, 0.05) is 16.2 Å². The molecule has 0 saturated heterocycles. The van der Waals surface area contributed by atoms with Crippen molar-refractivity contribution >= 4 is 40.0 Å². The molecule has 0 saturated carbocycles. The Labute approximate surface area is 135 Å². The molecule has 1 heterocycles. The minimum atomic E-state index is -1.27. The topological polar surface area (TPSA) is 12.9 Å². The molecular formula is C18H18BrNSi. The molecule has 3 heteroatoms. The lowest BCUT2D eigenvalue weighted by molar-refractivity contribution is 1.35. The highest BCUT2D eigenvalue weighted by Crippen LogP contribution is 2.24. The number of hydrogen-bond donors (Lipinski definition) is 0. The minimum absolute atomic E-state index is 1.02. The molecule has 0 fully saturated rings. The summed E-state index contributed by atoms with van der Waals surface area (Å²) in [6.07, 6.45) is 2.00. The van der Waals surface area contributed by atoms with E-state index in [-0.39, 0.29) is 0 Å². The number of rotatable bonds is 2. The van der Waals surface area contributed by atoms with Crippen LogP contribution in [0, 0.1) is 0 Å². The predicted molar refractivity (Wildman–Crippen MR) is 97.9 cm³/mol. The van der Waals surface area contributed by atoms with Gasteiger partial charge in [0.05, 0.1) is 13.8 Å². The summed E-state index contributed by atoms with van der Waals surface area (Å²) in [5.74, 6) is 0. The number of halogens is 1. The molecule has 2 aromatic carbocycles. The van der Waals surface area contributed by atoms with Gasteiger partial charge in [-0.15, -0.1) is 0 Å². The van der Waals surface area contributed by atoms with Crippen LogP contribution in [0.5, 0.6) is 0 Å². The monoisotopic (exact) mass is 355 g/mol. The molecule has 0 bridgehead atoms. The van der Waals surface area contributed by atoms with Crippen LogP contribution in [0.2, 0.25) is 19.6 Å². The van der Waals surface area contributed by atoms with E-state index in [0.29, 0.717) is 0 Å². The van der Waals surface area contributed by atoms with Crippen molar-refractivity contribution in [3.8, 4) is 11.3 Å². The van der Waals surface area contributed by atoms with Gasteiger partial charge in [0.25, 0.3) is 0 Å². The third-order valence-corrected chi connectivity index (χ3v) is 6.24. The molecule has 0 unspecified atom stereocenters. The lowest BCUT2D eigenvalue weighted by Crippen LogP contribution is -2.37. The van der Waals surface area contributed by atoms with Crippen LogP contribution < -0.4 is 5.19 Å². The van der Waals surface area contributed by atoms with Gasteiger partial charge in [-0.25, -0.2) is 0 Å². The second kappa shape index (κ2) is 5.39. The fourth-order valence-electron chi connectivity index (χ4n) is 2.41. The maximum atomic E-state index is 4.64. The van der Waals surface area contributed by atoms with Gasteiger partial charge < -0.3 is 0 Å². The number of aromatic nitrogens is 1. The quantitative estimate of drug-likeness (QED) is 0.575. The average molecular weight is 356 g/mol. The van der Waals surface area contributed by atoms with E-state index >= 15 is 0 Å². The summed E-state index contributed by atoms with van der Waals surface area (Å²) in [7, 11) is -1.27. The van der Waals surface area contributed by atoms with Crippen LogP contribution in [-0.2, 0) is 0 Å². The van der Waals surface area contributed by atoms with Crippen molar-refractivity contribution in [1.29, 1.82) is 0 Å². The van der Waals surface area contributed by atoms with Crippen molar-refractivity contribution in [2.45, 2.75) is 19.6 Å². The zero-order chi connectivity index (χ0) is 15.0. The Hall–Kier alpha value is -1.45. The summed E-state index contributed by atoms with van der Waals surface area (Å²) >= 11 is 3.52. The average Bonchev–Trinajstić information content (AvgIpc) is 2.45. The number of fused-ring (bicyclic) bond motifs is 1. The molecule has 1 aromatic heterocycles. The van der Waals surface area contributed by atoms with Crippen LogP contribution in [0.15, 0.2) is 59.2 Å². The molecule has 0 aliphatic carbocycles. The minimum Gasteiger partial charge on any atom is -0.256 e. The van der Waals surface area contributed by atoms with Crippen molar-refractivity contribution in [3.63, 3.8) is 0 Å². The Kier molecular flexibility index (Phi) is 3.72. The van der Waals surface area contributed by atoms with Crippen molar-refractivity contribution in [2.75, 3.05) is 0 Å². The van der Waals surface area contributed by atoms with Crippen molar-refractivity contribution in [2.24, 2.45) is 0 Å². The molecule has 0 atom stereocenters. The van der Waals surface area contributed by atoms with E-state index in [1.807, 2.05) is 18.3 Å². The Balaban J connectivity index is 2.09. The maximum Gasteiger partial charge on any atom is 0.0776 e. The zero-order valence-corrected chi connectivity index (χ0v) is 15.1. The second-order valence-electron chi connectivity index (χ2n) is 6.39. The molecule has 0 radical (unpaired) electrons. The van der Waals surface area contributed by atoms with E-state index < -0.39 is 8.07 Å². The van der Waals surface area contributed by atoms with E-state index in [2.05, 4.69) is 77.0 Å². The van der Waals surface area contributed by atoms with E-state index in [1.165, 1.54) is 16.0 Å². The Bertz CT molecular complexity index is 806. The lowest BCUT2D eigenvalue weighted by atomic mass is 10.1. The van der Waals surface area contributed by atoms with E-state index in [9.17, 15) is 0 Å². The van der Waals surface area contributed by atoms with Gasteiger partial charge in [-0.2, -0.15) is 0 Å². The van der Waals surface area contributed by atoms with Gasteiger partial charge in [0.2, 0.25) is 0 Å². The van der Waals surface area contributed by atoms with E-state index in [4.69, 9.17) is 0 Å². The number of hydrogen-bond acceptors (Lipinski definition) is 1. The number of nitrogens with zero attached hydrogens (tertiary/aromatic N) is 1. The first-order chi connectivity index (χ1) is 9.93. The fourth-order valence-corrected chi connectivity index (χ4v) is 3.98. The van der Waals surface area contributed by atoms with Gasteiger partial charge in [-0.3, -0.25) is 4.98 Å². The predicted octanol–water partition coefficient (Wildman–Crippen LogP) is 5.21. The van der Waals surface area contributed by atoms with Crippen LogP contribution in [0.4, 0.5) is 0 Å². The Morgan fingerprint density at radius 3 is 2.43 bits per heavy atom. The highest BCUT2D eigenvalue weighted by Gasteiger charge is 2.16. The molecular weight excluding hydrogens is 338 g/mol. The third kappa shape index (κ3) is 3.09. The molecule has 0 amide bonds. The van der Waals surface area contributed by atoms with Gasteiger partial charge in [0.1, 0.15) is 0 Å². The number of benzene rings is 2. The van der Waals surface area contributed by atoms with Gasteiger partial charge >= 0.3 is 0 Å². The smallest absolute Gasteiger partial charge is 0.0776 e. The first-order valence-corrected chi connectivity index (χ1v) is 11.4. The van der Waals surface area contributed by atoms with E-state index in [0.717, 1.165) is 15.7 Å². The van der Waals surface area contributed by atoms with Crippen LogP contribution >= 0.6 is 15.9 Å². The molecule has 106 valence electrons. The van der Waals surface area contributed by atoms with Gasteiger partial charge in [-0.1, -0.05) is 71.1 Å². The normalized spacial score (nSPS) is 11.8. The highest BCUT2D eigenvalue weighted by molar-refractivity contribution is 9.10. The molecule has 3 rings (SSSR count). The first-order valence-electron chi connectivity index (χ1n) is 7.10. The molecule has 3 aromatic rings. The summed E-state index contributed by atoms with van der Waals surface area (Å²) < 4.78 is 1.08. The Morgan fingerprint density at radius 1 is 0.905 bits per heavy atom.